The van der Waals surface area contributed by atoms with Crippen LogP contribution >= 0.6 is 7.92 Å². The minimum absolute atomic E-state index is 0.0576. The fourth-order valence-corrected chi connectivity index (χ4v) is 3.59. The van der Waals surface area contributed by atoms with E-state index in [0.29, 0.717) is 0 Å². The van der Waals surface area contributed by atoms with E-state index in [1.165, 1.54) is 43.9 Å². The molecular weight excluding hydrogens is 412 g/mol. The van der Waals surface area contributed by atoms with Crippen LogP contribution in [0.1, 0.15) is 27.8 Å². The van der Waals surface area contributed by atoms with E-state index in [0.717, 1.165) is 0 Å². The van der Waals surface area contributed by atoms with Gasteiger partial charge in [-0.1, -0.05) is 40.7 Å². The maximum atomic E-state index is 9.80. The SMILES string of the molecule is CP(C)c1cc2ccccc2[cH-]1.Cc1c(C)c(C)[c-](C)c1C.[F][Zr+2][F]. The van der Waals surface area contributed by atoms with Crippen LogP contribution in [0, 0.1) is 34.6 Å². The van der Waals surface area contributed by atoms with Gasteiger partial charge in [0.15, 0.2) is 0 Å². The maximum absolute atomic E-state index is 9.80. The molecule has 0 saturated carbocycles. The minimum atomic E-state index is -2.77. The predicted octanol–water partition coefficient (Wildman–Crippen LogP) is 6.71. The third-order valence-corrected chi connectivity index (χ3v) is 6.22. The summed E-state index contributed by atoms with van der Waals surface area (Å²) in [4.78, 5) is 0. The van der Waals surface area contributed by atoms with E-state index in [2.05, 4.69) is 84.3 Å². The first-order valence-corrected chi connectivity index (χ1v) is 12.3. The summed E-state index contributed by atoms with van der Waals surface area (Å²) in [5, 5.41) is 4.26. The Bertz CT molecular complexity index is 686. The van der Waals surface area contributed by atoms with Crippen LogP contribution in [0.25, 0.3) is 10.8 Å². The Kier molecular flexibility index (Phi) is 9.40. The Morgan fingerprint density at radius 3 is 1.80 bits per heavy atom. The molecule has 0 nitrogen and oxygen atoms in total. The van der Waals surface area contributed by atoms with E-state index >= 15 is 0 Å². The molecule has 0 unspecified atom stereocenters. The first kappa shape index (κ1) is 22.4. The summed E-state index contributed by atoms with van der Waals surface area (Å²) >= 11 is -2.77. The summed E-state index contributed by atoms with van der Waals surface area (Å²) in [6, 6.07) is 13.2. The summed E-state index contributed by atoms with van der Waals surface area (Å²) in [5.74, 6) is 0. The molecule has 3 aromatic carbocycles. The molecule has 25 heavy (non-hydrogen) atoms. The zero-order valence-electron chi connectivity index (χ0n) is 16.2. The number of halogens is 2. The van der Waals surface area contributed by atoms with Gasteiger partial charge in [0.2, 0.25) is 0 Å². The van der Waals surface area contributed by atoms with Crippen molar-refractivity contribution in [2.45, 2.75) is 34.6 Å². The molecule has 0 aliphatic rings. The molecule has 0 fully saturated rings. The molecule has 0 aliphatic carbocycles. The molecule has 0 N–H and O–H groups in total. The summed E-state index contributed by atoms with van der Waals surface area (Å²) in [6.07, 6.45) is 0. The van der Waals surface area contributed by atoms with Crippen LogP contribution < -0.4 is 5.30 Å². The Morgan fingerprint density at radius 2 is 1.44 bits per heavy atom. The quantitative estimate of drug-likeness (QED) is 0.292. The van der Waals surface area contributed by atoms with Gasteiger partial charge in [0.1, 0.15) is 0 Å². The van der Waals surface area contributed by atoms with Gasteiger partial charge in [-0.2, -0.15) is 33.9 Å². The molecule has 0 atom stereocenters. The molecule has 3 rings (SSSR count). The van der Waals surface area contributed by atoms with Gasteiger partial charge in [-0.25, -0.2) is 0 Å². The van der Waals surface area contributed by atoms with E-state index in [1.807, 2.05) is 0 Å². The van der Waals surface area contributed by atoms with Crippen molar-refractivity contribution in [3.05, 3.63) is 64.2 Å². The molecule has 134 valence electrons. The number of hydrogen-bond acceptors (Lipinski definition) is 0. The van der Waals surface area contributed by atoms with Crippen LogP contribution in [0.15, 0.2) is 36.4 Å². The fourth-order valence-electron chi connectivity index (χ4n) is 2.80. The third kappa shape index (κ3) is 5.94. The Labute approximate surface area is 165 Å². The van der Waals surface area contributed by atoms with Crippen LogP contribution in [-0.4, -0.2) is 13.3 Å². The molecule has 4 heteroatoms. The van der Waals surface area contributed by atoms with Crippen molar-refractivity contribution < 1.29 is 29.7 Å². The normalized spacial score (nSPS) is 10.0. The van der Waals surface area contributed by atoms with Gasteiger partial charge in [0.25, 0.3) is 0 Å². The molecule has 0 heterocycles. The van der Waals surface area contributed by atoms with Crippen molar-refractivity contribution in [3.8, 4) is 0 Å². The van der Waals surface area contributed by atoms with E-state index in [-0.39, 0.29) is 7.92 Å². The Hall–Kier alpha value is -0.647. The molecular formula is C21H27F2PZr. The van der Waals surface area contributed by atoms with Crippen LogP contribution in [0.4, 0.5) is 5.25 Å². The first-order valence-electron chi connectivity index (χ1n) is 8.23. The summed E-state index contributed by atoms with van der Waals surface area (Å²) in [7, 11) is 0.0576. The van der Waals surface area contributed by atoms with Crippen molar-refractivity contribution in [1.29, 1.82) is 0 Å². The van der Waals surface area contributed by atoms with Gasteiger partial charge >= 0.3 is 29.7 Å². The molecule has 0 saturated heterocycles. The average molecular weight is 440 g/mol. The van der Waals surface area contributed by atoms with Gasteiger partial charge in [-0.3, -0.25) is 0 Å². The fraction of sp³-hybridized carbons (Fsp3) is 0.333. The third-order valence-electron chi connectivity index (χ3n) is 4.93. The van der Waals surface area contributed by atoms with Gasteiger partial charge in [-0.05, 0) is 13.3 Å². The average Bonchev–Trinajstić information content (AvgIpc) is 3.10. The predicted molar refractivity (Wildman–Crippen MR) is 106 cm³/mol. The van der Waals surface area contributed by atoms with E-state index in [1.54, 1.807) is 0 Å². The van der Waals surface area contributed by atoms with Crippen LogP contribution in [0.3, 0.4) is 0 Å². The van der Waals surface area contributed by atoms with Crippen molar-refractivity contribution >= 4 is 24.0 Å². The number of rotatable bonds is 1. The van der Waals surface area contributed by atoms with Crippen molar-refractivity contribution in [1.82, 2.24) is 0 Å². The van der Waals surface area contributed by atoms with Crippen LogP contribution in [-0.2, 0) is 24.5 Å². The first-order chi connectivity index (χ1) is 11.7. The molecule has 3 aromatic rings. The van der Waals surface area contributed by atoms with Gasteiger partial charge in [0, 0.05) is 0 Å². The van der Waals surface area contributed by atoms with Crippen LogP contribution in [0.5, 0.6) is 0 Å². The second-order valence-electron chi connectivity index (χ2n) is 6.43. The summed E-state index contributed by atoms with van der Waals surface area (Å²) in [6.45, 7) is 15.6. The van der Waals surface area contributed by atoms with E-state index in [4.69, 9.17) is 0 Å². The Morgan fingerprint density at radius 1 is 0.960 bits per heavy atom. The second-order valence-corrected chi connectivity index (χ2v) is 9.09. The monoisotopic (exact) mass is 438 g/mol. The van der Waals surface area contributed by atoms with Gasteiger partial charge in [0.05, 0.1) is 0 Å². The standard InChI is InChI=1S/C11H12P.C10H15.2FH.Zr/c1-12(2)11-7-9-5-3-4-6-10(9)8-11;1-6-7(2)9(4)10(5)8(6)3;;;/h3-8H,1-2H3;1-5H3;2*1H;/q2*-1;;;+4/p-2. The zero-order chi connectivity index (χ0) is 19.1. The number of fused-ring (bicyclic) bond motifs is 1. The van der Waals surface area contributed by atoms with Crippen LogP contribution in [0.2, 0.25) is 0 Å². The molecule has 0 radical (unpaired) electrons. The molecule has 0 aromatic heterocycles. The van der Waals surface area contributed by atoms with Crippen molar-refractivity contribution in [2.24, 2.45) is 0 Å². The second kappa shape index (κ2) is 10.5. The molecule has 0 amide bonds. The molecule has 0 bridgehead atoms. The van der Waals surface area contributed by atoms with E-state index in [9.17, 15) is 5.25 Å². The number of hydrogen-bond donors (Lipinski definition) is 0. The van der Waals surface area contributed by atoms with Crippen molar-refractivity contribution in [3.63, 3.8) is 0 Å². The summed E-state index contributed by atoms with van der Waals surface area (Å²) in [5.41, 5.74) is 7.34. The van der Waals surface area contributed by atoms with Gasteiger partial charge in [-0.15, -0.1) is 48.3 Å². The Balaban J connectivity index is 0.000000220. The van der Waals surface area contributed by atoms with Crippen molar-refractivity contribution in [2.75, 3.05) is 13.3 Å². The topological polar surface area (TPSA) is 0 Å². The molecule has 0 aliphatic heterocycles. The molecule has 0 spiro atoms. The van der Waals surface area contributed by atoms with E-state index < -0.39 is 24.5 Å². The zero-order valence-corrected chi connectivity index (χ0v) is 19.5. The van der Waals surface area contributed by atoms with Gasteiger partial charge < -0.3 is 0 Å². The number of benzene rings is 1. The summed E-state index contributed by atoms with van der Waals surface area (Å²) < 4.78 is 19.6.